The first-order valence-electron chi connectivity index (χ1n) is 9.66. The second kappa shape index (κ2) is 5.20. The van der Waals surface area contributed by atoms with Gasteiger partial charge in [-0.2, -0.15) is 5.26 Å². The van der Waals surface area contributed by atoms with E-state index in [1.165, 1.54) is 19.3 Å². The molecule has 0 bridgehead atoms. The Morgan fingerprint density at radius 2 is 1.78 bits per heavy atom. The molecule has 3 heteroatoms. The van der Waals surface area contributed by atoms with E-state index in [0.29, 0.717) is 23.7 Å². The highest BCUT2D eigenvalue weighted by molar-refractivity contribution is 5.14. The van der Waals surface area contributed by atoms with Gasteiger partial charge in [-0.1, -0.05) is 13.8 Å². The average Bonchev–Trinajstić information content (AvgIpc) is 2.83. The molecule has 128 valence electrons. The van der Waals surface area contributed by atoms with Gasteiger partial charge in [0.25, 0.3) is 0 Å². The summed E-state index contributed by atoms with van der Waals surface area (Å²) in [4.78, 5) is 0. The fourth-order valence-electron chi connectivity index (χ4n) is 7.57. The van der Waals surface area contributed by atoms with E-state index in [1.807, 2.05) is 0 Å². The molecule has 0 spiro atoms. The number of fused-ring (bicyclic) bond motifs is 5. The van der Waals surface area contributed by atoms with Gasteiger partial charge in [0.1, 0.15) is 0 Å². The maximum atomic E-state index is 11.1. The minimum Gasteiger partial charge on any atom is -0.393 e. The average molecular weight is 317 g/mol. The summed E-state index contributed by atoms with van der Waals surface area (Å²) in [5, 5.41) is 30.8. The lowest BCUT2D eigenvalue weighted by atomic mass is 9.44. The van der Waals surface area contributed by atoms with Gasteiger partial charge in [0.2, 0.25) is 0 Å². The molecule has 0 saturated heterocycles. The maximum Gasteiger partial charge on any atom is 0.0661 e. The van der Waals surface area contributed by atoms with Crippen molar-refractivity contribution in [2.75, 3.05) is 0 Å². The standard InChI is InChI=1S/C20H31NO2/c1-19-8-7-14(22)9-12(19)3-5-15-16-6-4-13(11-21)20(16,2)10-17(23)18(15)19/h12-18,22-23H,3-10H2,1-2H3/t12-,13+,14+,15-,16?,17-,18+,19-,20+/m0/s1. The Balaban J connectivity index is 1.68. The van der Waals surface area contributed by atoms with Gasteiger partial charge in [-0.15, -0.1) is 0 Å². The van der Waals surface area contributed by atoms with Gasteiger partial charge in [-0.3, -0.25) is 0 Å². The summed E-state index contributed by atoms with van der Waals surface area (Å²) < 4.78 is 0. The molecule has 4 fully saturated rings. The van der Waals surface area contributed by atoms with E-state index in [9.17, 15) is 15.5 Å². The van der Waals surface area contributed by atoms with Crippen LogP contribution in [0.25, 0.3) is 0 Å². The van der Waals surface area contributed by atoms with Crippen molar-refractivity contribution in [3.05, 3.63) is 0 Å². The van der Waals surface area contributed by atoms with E-state index in [4.69, 9.17) is 0 Å². The number of nitrogens with zero attached hydrogens (tertiary/aromatic N) is 1. The highest BCUT2D eigenvalue weighted by Crippen LogP contribution is 2.67. The predicted octanol–water partition coefficient (Wildman–Crippen LogP) is 3.50. The third-order valence-corrected chi connectivity index (χ3v) is 8.72. The summed E-state index contributed by atoms with van der Waals surface area (Å²) in [6, 6.07) is 2.55. The highest BCUT2D eigenvalue weighted by Gasteiger charge is 2.63. The Morgan fingerprint density at radius 3 is 2.52 bits per heavy atom. The molecule has 0 heterocycles. The van der Waals surface area contributed by atoms with Crippen LogP contribution < -0.4 is 0 Å². The van der Waals surface area contributed by atoms with Crippen LogP contribution in [0.3, 0.4) is 0 Å². The van der Waals surface area contributed by atoms with Crippen molar-refractivity contribution in [2.24, 2.45) is 40.4 Å². The van der Waals surface area contributed by atoms with Gasteiger partial charge in [0.05, 0.1) is 24.2 Å². The zero-order valence-electron chi connectivity index (χ0n) is 14.5. The molecule has 23 heavy (non-hydrogen) atoms. The fraction of sp³-hybridized carbons (Fsp3) is 0.950. The molecule has 4 rings (SSSR count). The maximum absolute atomic E-state index is 11.1. The number of rotatable bonds is 0. The number of nitriles is 1. The Hall–Kier alpha value is -0.590. The third kappa shape index (κ3) is 2.07. The Labute approximate surface area is 140 Å². The molecule has 4 aliphatic rings. The van der Waals surface area contributed by atoms with Crippen LogP contribution in [0.2, 0.25) is 0 Å². The molecule has 4 saturated carbocycles. The van der Waals surface area contributed by atoms with E-state index in [2.05, 4.69) is 19.9 Å². The van der Waals surface area contributed by atoms with E-state index in [0.717, 1.165) is 32.1 Å². The van der Waals surface area contributed by atoms with Crippen LogP contribution in [0.4, 0.5) is 0 Å². The van der Waals surface area contributed by atoms with Gasteiger partial charge in [-0.25, -0.2) is 0 Å². The first-order chi connectivity index (χ1) is 10.9. The summed E-state index contributed by atoms with van der Waals surface area (Å²) >= 11 is 0. The van der Waals surface area contributed by atoms with Crippen molar-refractivity contribution < 1.29 is 10.2 Å². The zero-order valence-corrected chi connectivity index (χ0v) is 14.5. The molecule has 9 atom stereocenters. The molecule has 3 nitrogen and oxygen atoms in total. The molecule has 0 aliphatic heterocycles. The van der Waals surface area contributed by atoms with Gasteiger partial charge < -0.3 is 10.2 Å². The number of aliphatic hydroxyl groups excluding tert-OH is 2. The van der Waals surface area contributed by atoms with Crippen LogP contribution in [-0.2, 0) is 0 Å². The molecule has 0 aromatic rings. The highest BCUT2D eigenvalue weighted by atomic mass is 16.3. The third-order valence-electron chi connectivity index (χ3n) is 8.72. The number of aliphatic hydroxyl groups is 2. The molecule has 4 aliphatic carbocycles. The van der Waals surface area contributed by atoms with Crippen molar-refractivity contribution in [1.29, 1.82) is 5.26 Å². The molecule has 0 radical (unpaired) electrons. The lowest BCUT2D eigenvalue weighted by Gasteiger charge is -2.62. The van der Waals surface area contributed by atoms with Crippen molar-refractivity contribution in [2.45, 2.75) is 77.4 Å². The van der Waals surface area contributed by atoms with Crippen LogP contribution in [0.5, 0.6) is 0 Å². The smallest absolute Gasteiger partial charge is 0.0661 e. The Morgan fingerprint density at radius 1 is 1.00 bits per heavy atom. The summed E-state index contributed by atoms with van der Waals surface area (Å²) in [6.45, 7) is 4.67. The van der Waals surface area contributed by atoms with Crippen LogP contribution in [0, 0.1) is 51.8 Å². The quantitative estimate of drug-likeness (QED) is 0.718. The van der Waals surface area contributed by atoms with Crippen molar-refractivity contribution in [1.82, 2.24) is 0 Å². The molecule has 2 N–H and O–H groups in total. The first-order valence-corrected chi connectivity index (χ1v) is 9.66. The van der Waals surface area contributed by atoms with Gasteiger partial charge >= 0.3 is 0 Å². The second-order valence-electron chi connectivity index (χ2n) is 9.54. The molecular formula is C20H31NO2. The van der Waals surface area contributed by atoms with Crippen molar-refractivity contribution >= 4 is 0 Å². The van der Waals surface area contributed by atoms with E-state index in [-0.39, 0.29) is 29.0 Å². The van der Waals surface area contributed by atoms with Crippen molar-refractivity contribution in [3.8, 4) is 6.07 Å². The molecule has 0 aromatic heterocycles. The van der Waals surface area contributed by atoms with E-state index in [1.54, 1.807) is 0 Å². The predicted molar refractivity (Wildman–Crippen MR) is 88.2 cm³/mol. The summed E-state index contributed by atoms with van der Waals surface area (Å²) in [6.07, 6.45) is 7.87. The normalized spacial score (nSPS) is 58.7. The topological polar surface area (TPSA) is 64.2 Å². The van der Waals surface area contributed by atoms with Crippen LogP contribution in [-0.4, -0.2) is 22.4 Å². The van der Waals surface area contributed by atoms with Gasteiger partial charge in [0, 0.05) is 0 Å². The number of hydrogen-bond donors (Lipinski definition) is 2. The number of hydrogen-bond acceptors (Lipinski definition) is 3. The van der Waals surface area contributed by atoms with Gasteiger partial charge in [0.15, 0.2) is 0 Å². The van der Waals surface area contributed by atoms with Crippen LogP contribution in [0.15, 0.2) is 0 Å². The molecule has 0 aromatic carbocycles. The monoisotopic (exact) mass is 317 g/mol. The lowest BCUT2D eigenvalue weighted by molar-refractivity contribution is -0.175. The second-order valence-corrected chi connectivity index (χ2v) is 9.54. The van der Waals surface area contributed by atoms with Gasteiger partial charge in [-0.05, 0) is 85.9 Å². The molecular weight excluding hydrogens is 286 g/mol. The summed E-state index contributed by atoms with van der Waals surface area (Å²) in [5.74, 6) is 2.27. The van der Waals surface area contributed by atoms with E-state index < -0.39 is 0 Å². The lowest BCUT2D eigenvalue weighted by Crippen LogP contribution is -2.59. The first kappa shape index (κ1) is 15.9. The Kier molecular flexibility index (Phi) is 3.60. The minimum absolute atomic E-state index is 0.0205. The fourth-order valence-corrected chi connectivity index (χ4v) is 7.57. The van der Waals surface area contributed by atoms with E-state index >= 15 is 0 Å². The summed E-state index contributed by atoms with van der Waals surface area (Å²) in [7, 11) is 0. The van der Waals surface area contributed by atoms with Crippen molar-refractivity contribution in [3.63, 3.8) is 0 Å². The van der Waals surface area contributed by atoms with Crippen LogP contribution in [0.1, 0.15) is 65.2 Å². The Bertz CT molecular complexity index is 528. The minimum atomic E-state index is -0.266. The molecule has 0 amide bonds. The van der Waals surface area contributed by atoms with Crippen LogP contribution >= 0.6 is 0 Å². The summed E-state index contributed by atoms with van der Waals surface area (Å²) in [5.41, 5.74) is 0.209. The molecule has 1 unspecified atom stereocenters. The SMILES string of the molecule is C[C@]12CC[C@@H](O)C[C@@H]1CC[C@H]1C3CC[C@H](C#N)[C@@]3(C)C[C@H](O)[C@@H]12. The largest absolute Gasteiger partial charge is 0.393 e. The zero-order chi connectivity index (χ0) is 16.4.